The molecule has 7 rings (SSSR count). The standard InChI is InChI=1S/C33H39FN8O3S/c1-2-40-16-18-41(19-17-40)26-11-9-24(10-12-26)37-33-38-31-29(28(20-35-31)30(43)22-5-7-23(34)8-6-22)32(39-33)36-25-4-3-15-42(21-25)46(44,45)27-13-14-27/h5-12,20,25,27H,2-4,13-19,21H2,1H3,(H3,35,36,37,38,39)/t25-/m0/s1. The number of piperazine rings is 1. The van der Waals surface area contributed by atoms with Crippen molar-refractivity contribution in [1.82, 2.24) is 24.2 Å². The minimum atomic E-state index is -3.32. The van der Waals surface area contributed by atoms with Gasteiger partial charge in [0.2, 0.25) is 16.0 Å². The van der Waals surface area contributed by atoms with Gasteiger partial charge in [0.05, 0.1) is 16.2 Å². The van der Waals surface area contributed by atoms with Gasteiger partial charge in [-0.1, -0.05) is 6.92 Å². The molecule has 3 N–H and O–H groups in total. The number of nitrogens with one attached hydrogen (secondary N) is 3. The Balaban J connectivity index is 1.17. The molecule has 4 heterocycles. The van der Waals surface area contributed by atoms with Crippen molar-refractivity contribution in [3.8, 4) is 0 Å². The van der Waals surface area contributed by atoms with Crippen LogP contribution in [0.3, 0.4) is 0 Å². The molecule has 0 amide bonds. The second-order valence-corrected chi connectivity index (χ2v) is 14.5. The maximum absolute atomic E-state index is 13.6. The van der Waals surface area contributed by atoms with Crippen molar-refractivity contribution in [3.63, 3.8) is 0 Å². The molecular weight excluding hydrogens is 607 g/mol. The number of aromatic nitrogens is 3. The van der Waals surface area contributed by atoms with Gasteiger partial charge < -0.3 is 25.4 Å². The third kappa shape index (κ3) is 6.31. The Morgan fingerprint density at radius 3 is 2.41 bits per heavy atom. The number of aromatic amines is 1. The summed E-state index contributed by atoms with van der Waals surface area (Å²) >= 11 is 0. The summed E-state index contributed by atoms with van der Waals surface area (Å²) in [7, 11) is -3.32. The molecule has 2 aromatic heterocycles. The van der Waals surface area contributed by atoms with Crippen LogP contribution in [-0.4, -0.2) is 95.5 Å². The fraction of sp³-hybridized carbons (Fsp3) is 0.424. The van der Waals surface area contributed by atoms with Crippen LogP contribution in [0, 0.1) is 5.82 Å². The highest BCUT2D eigenvalue weighted by Gasteiger charge is 2.41. The van der Waals surface area contributed by atoms with Crippen molar-refractivity contribution in [3.05, 3.63) is 71.7 Å². The lowest BCUT2D eigenvalue weighted by molar-refractivity contribution is 0.104. The minimum absolute atomic E-state index is 0.204. The van der Waals surface area contributed by atoms with Crippen molar-refractivity contribution < 1.29 is 17.6 Å². The first-order valence-corrected chi connectivity index (χ1v) is 17.6. The van der Waals surface area contributed by atoms with Gasteiger partial charge in [0.25, 0.3) is 0 Å². The van der Waals surface area contributed by atoms with E-state index in [4.69, 9.17) is 9.97 Å². The Labute approximate surface area is 268 Å². The van der Waals surface area contributed by atoms with E-state index in [1.807, 2.05) is 12.1 Å². The van der Waals surface area contributed by atoms with E-state index >= 15 is 0 Å². The summed E-state index contributed by atoms with van der Waals surface area (Å²) in [4.78, 5) is 31.1. The lowest BCUT2D eigenvalue weighted by atomic mass is 10.0. The van der Waals surface area contributed by atoms with Crippen LogP contribution in [0.25, 0.3) is 11.0 Å². The van der Waals surface area contributed by atoms with E-state index in [2.05, 4.69) is 44.5 Å². The first-order valence-electron chi connectivity index (χ1n) is 16.1. The van der Waals surface area contributed by atoms with Crippen LogP contribution in [0.5, 0.6) is 0 Å². The smallest absolute Gasteiger partial charge is 0.231 e. The number of ketones is 1. The first-order chi connectivity index (χ1) is 22.3. The molecule has 0 unspecified atom stereocenters. The van der Waals surface area contributed by atoms with Crippen LogP contribution in [0.4, 0.5) is 27.5 Å². The zero-order chi connectivity index (χ0) is 31.8. The second-order valence-electron chi connectivity index (χ2n) is 12.3. The van der Waals surface area contributed by atoms with E-state index in [9.17, 15) is 17.6 Å². The number of sulfonamides is 1. The monoisotopic (exact) mass is 646 g/mol. The number of piperidine rings is 1. The molecule has 2 aromatic carbocycles. The predicted octanol–water partition coefficient (Wildman–Crippen LogP) is 4.58. The summed E-state index contributed by atoms with van der Waals surface area (Å²) in [6, 6.07) is 13.4. The third-order valence-electron chi connectivity index (χ3n) is 9.22. The molecule has 3 fully saturated rings. The molecule has 46 heavy (non-hydrogen) atoms. The zero-order valence-corrected chi connectivity index (χ0v) is 26.7. The van der Waals surface area contributed by atoms with Gasteiger partial charge in [-0.3, -0.25) is 4.79 Å². The molecule has 1 saturated carbocycles. The fourth-order valence-corrected chi connectivity index (χ4v) is 8.32. The van der Waals surface area contributed by atoms with E-state index in [-0.39, 0.29) is 17.1 Å². The van der Waals surface area contributed by atoms with Gasteiger partial charge in [0.15, 0.2) is 5.78 Å². The highest BCUT2D eigenvalue weighted by atomic mass is 32.2. The van der Waals surface area contributed by atoms with Gasteiger partial charge in [-0.05, 0) is 80.8 Å². The van der Waals surface area contributed by atoms with Crippen molar-refractivity contribution in [2.45, 2.75) is 43.9 Å². The number of anilines is 4. The van der Waals surface area contributed by atoms with Crippen molar-refractivity contribution in [2.75, 3.05) is 61.3 Å². The molecule has 4 aromatic rings. The van der Waals surface area contributed by atoms with Gasteiger partial charge in [-0.15, -0.1) is 0 Å². The highest BCUT2D eigenvalue weighted by Crippen LogP contribution is 2.34. The Bertz CT molecular complexity index is 1820. The van der Waals surface area contributed by atoms with Crippen LogP contribution < -0.4 is 15.5 Å². The quantitative estimate of drug-likeness (QED) is 0.212. The molecule has 0 bridgehead atoms. The van der Waals surface area contributed by atoms with E-state index in [1.54, 1.807) is 10.5 Å². The molecule has 242 valence electrons. The van der Waals surface area contributed by atoms with Crippen LogP contribution in [0.2, 0.25) is 0 Å². The number of likely N-dealkylation sites (N-methyl/N-ethyl adjacent to an activating group) is 1. The topological polar surface area (TPSA) is 127 Å². The number of H-pyrrole nitrogens is 1. The number of hydrogen-bond donors (Lipinski definition) is 3. The lowest BCUT2D eigenvalue weighted by Gasteiger charge is -2.35. The molecule has 11 nitrogen and oxygen atoms in total. The van der Waals surface area contributed by atoms with Crippen LogP contribution >= 0.6 is 0 Å². The lowest BCUT2D eigenvalue weighted by Crippen LogP contribution is -2.46. The average molecular weight is 647 g/mol. The molecule has 1 atom stereocenters. The molecule has 3 aliphatic rings. The van der Waals surface area contributed by atoms with Crippen molar-refractivity contribution >= 4 is 50.0 Å². The van der Waals surface area contributed by atoms with Gasteiger partial charge in [-0.25, -0.2) is 12.8 Å². The summed E-state index contributed by atoms with van der Waals surface area (Å²) in [5, 5.41) is 7.01. The Morgan fingerprint density at radius 2 is 1.72 bits per heavy atom. The molecule has 0 spiro atoms. The number of fused-ring (bicyclic) bond motifs is 1. The minimum Gasteiger partial charge on any atom is -0.369 e. The molecule has 1 aliphatic carbocycles. The number of halogens is 1. The number of rotatable bonds is 10. The highest BCUT2D eigenvalue weighted by molar-refractivity contribution is 7.90. The number of nitrogens with zero attached hydrogens (tertiary/aromatic N) is 5. The van der Waals surface area contributed by atoms with Crippen molar-refractivity contribution in [1.29, 1.82) is 0 Å². The van der Waals surface area contributed by atoms with Gasteiger partial charge in [0.1, 0.15) is 17.3 Å². The van der Waals surface area contributed by atoms with Gasteiger partial charge >= 0.3 is 0 Å². The van der Waals surface area contributed by atoms with Crippen LogP contribution in [-0.2, 0) is 10.0 Å². The Kier molecular flexibility index (Phi) is 8.38. The third-order valence-corrected chi connectivity index (χ3v) is 11.6. The largest absolute Gasteiger partial charge is 0.369 e. The number of carbonyl (C=O) groups excluding carboxylic acids is 1. The Hall–Kier alpha value is -4.07. The summed E-state index contributed by atoms with van der Waals surface area (Å²) < 4.78 is 41.3. The number of benzene rings is 2. The van der Waals surface area contributed by atoms with Gasteiger partial charge in [-0.2, -0.15) is 14.3 Å². The average Bonchev–Trinajstić information content (AvgIpc) is 3.86. The molecule has 2 aliphatic heterocycles. The van der Waals surface area contributed by atoms with E-state index in [0.29, 0.717) is 59.9 Å². The number of hydrogen-bond acceptors (Lipinski definition) is 9. The Morgan fingerprint density at radius 1 is 0.978 bits per heavy atom. The van der Waals surface area contributed by atoms with Crippen LogP contribution in [0.15, 0.2) is 54.7 Å². The molecular formula is C33H39FN8O3S. The first kappa shape index (κ1) is 30.6. The molecule has 13 heteroatoms. The summed E-state index contributed by atoms with van der Waals surface area (Å²) in [6.07, 6.45) is 4.50. The van der Waals surface area contributed by atoms with E-state index in [0.717, 1.165) is 56.9 Å². The normalized spacial score (nSPS) is 19.8. The SMILES string of the molecule is CCN1CCN(c2ccc(Nc3nc(N[C@H]4CCCN(S(=O)(=O)C5CC5)C4)c4c(C(=O)c5ccc(F)cc5)c[nH]c4n3)cc2)CC1. The number of carbonyl (C=O) groups is 1. The van der Waals surface area contributed by atoms with Crippen LogP contribution in [0.1, 0.15) is 48.5 Å². The predicted molar refractivity (Wildman–Crippen MR) is 178 cm³/mol. The zero-order valence-electron chi connectivity index (χ0n) is 25.9. The van der Waals surface area contributed by atoms with E-state index in [1.165, 1.54) is 24.3 Å². The van der Waals surface area contributed by atoms with Crippen molar-refractivity contribution in [2.24, 2.45) is 0 Å². The molecule has 0 radical (unpaired) electrons. The second kappa shape index (κ2) is 12.6. The summed E-state index contributed by atoms with van der Waals surface area (Å²) in [6.45, 7) is 8.17. The maximum atomic E-state index is 13.6. The fourth-order valence-electron chi connectivity index (χ4n) is 6.40. The summed E-state index contributed by atoms with van der Waals surface area (Å²) in [5.41, 5.74) is 3.12. The maximum Gasteiger partial charge on any atom is 0.231 e. The summed E-state index contributed by atoms with van der Waals surface area (Å²) in [5.74, 6) is 0.0445. The molecule has 2 saturated heterocycles. The van der Waals surface area contributed by atoms with E-state index < -0.39 is 15.8 Å². The van der Waals surface area contributed by atoms with Gasteiger partial charge in [0, 0.05) is 68.4 Å².